The van der Waals surface area contributed by atoms with E-state index in [-0.39, 0.29) is 0 Å². The highest BCUT2D eigenvalue weighted by Crippen LogP contribution is 2.18. The maximum Gasteiger partial charge on any atom is 0.310 e. The third kappa shape index (κ3) is 2.71. The molecule has 1 aromatic rings. The van der Waals surface area contributed by atoms with Crippen molar-refractivity contribution in [2.45, 2.75) is 0 Å². The van der Waals surface area contributed by atoms with Crippen LogP contribution in [0.15, 0.2) is 49.1 Å². The molecule has 1 aromatic carbocycles. The van der Waals surface area contributed by atoms with Crippen LogP contribution >= 0.6 is 9.12 Å². The average molecular weight is 209 g/mol. The van der Waals surface area contributed by atoms with Crippen LogP contribution in [-0.4, -0.2) is 0 Å². The Hall–Kier alpha value is -1.60. The second kappa shape index (κ2) is 5.95. The highest BCUT2D eigenvalue weighted by Gasteiger charge is 2.02. The molecule has 1 unspecified atom stereocenters. The molecule has 0 aromatic heterocycles. The van der Waals surface area contributed by atoms with E-state index >= 15 is 0 Å². The quantitative estimate of drug-likeness (QED) is 0.667. The number of ether oxygens (including phenoxy) is 2. The van der Waals surface area contributed by atoms with E-state index in [9.17, 15) is 0 Å². The number of rotatable bonds is 1. The third-order valence-corrected chi connectivity index (χ3v) is 1.56. The van der Waals surface area contributed by atoms with Gasteiger partial charge in [-0.3, -0.25) is 0 Å². The summed E-state index contributed by atoms with van der Waals surface area (Å²) in [5.74, 6) is 0.734. The van der Waals surface area contributed by atoms with E-state index in [1.807, 2.05) is 30.3 Å². The first kappa shape index (κ1) is 10.5. The van der Waals surface area contributed by atoms with Crippen LogP contribution in [0, 0.1) is 0 Å². The lowest BCUT2D eigenvalue weighted by Gasteiger charge is -2.08. The van der Waals surface area contributed by atoms with Crippen molar-refractivity contribution < 1.29 is 14.0 Å². The highest BCUT2D eigenvalue weighted by molar-refractivity contribution is 7.00. The summed E-state index contributed by atoms with van der Waals surface area (Å²) < 4.78 is 18.4. The maximum atomic E-state index is 8.17. The van der Waals surface area contributed by atoms with Crippen LogP contribution in [0.4, 0.5) is 0 Å². The van der Waals surface area contributed by atoms with E-state index in [0.29, 0.717) is 0 Å². The van der Waals surface area contributed by atoms with Crippen LogP contribution in [0.5, 0.6) is 0 Å². The van der Waals surface area contributed by atoms with Gasteiger partial charge in [-0.2, -0.15) is 0 Å². The van der Waals surface area contributed by atoms with Gasteiger partial charge in [-0.1, -0.05) is 34.9 Å². The summed E-state index contributed by atoms with van der Waals surface area (Å²) in [6.07, 6.45) is 4.59. The van der Waals surface area contributed by atoms with Gasteiger partial charge in [-0.15, -0.1) is 0 Å². The molecular formula is C10H10O3P+. The molecule has 0 saturated heterocycles. The van der Waals surface area contributed by atoms with E-state index in [0.717, 1.165) is 11.3 Å². The fourth-order valence-corrected chi connectivity index (χ4v) is 1.00. The molecule has 0 saturated carbocycles. The number of benzene rings is 1. The first-order valence-corrected chi connectivity index (χ1v) is 4.40. The van der Waals surface area contributed by atoms with Crippen LogP contribution in [0.25, 0.3) is 5.76 Å². The molecule has 4 heteroatoms. The van der Waals surface area contributed by atoms with Crippen LogP contribution in [0.2, 0.25) is 0 Å². The molecule has 0 amide bonds. The van der Waals surface area contributed by atoms with Gasteiger partial charge in [0.15, 0.2) is 5.76 Å². The van der Waals surface area contributed by atoms with E-state index < -0.39 is 0 Å². The van der Waals surface area contributed by atoms with Crippen molar-refractivity contribution >= 4 is 14.9 Å². The van der Waals surface area contributed by atoms with E-state index in [2.05, 4.69) is 0 Å². The molecule has 1 aliphatic heterocycles. The first-order chi connectivity index (χ1) is 6.97. The van der Waals surface area contributed by atoms with Gasteiger partial charge in [0.25, 0.3) is 0 Å². The predicted molar refractivity (Wildman–Crippen MR) is 56.1 cm³/mol. The monoisotopic (exact) mass is 209 g/mol. The molecule has 0 fully saturated rings. The van der Waals surface area contributed by atoms with E-state index in [1.54, 1.807) is 6.26 Å². The summed E-state index contributed by atoms with van der Waals surface area (Å²) in [6.45, 7) is 0. The second-order valence-electron chi connectivity index (χ2n) is 2.37. The molecule has 0 bridgehead atoms. The van der Waals surface area contributed by atoms with Crippen molar-refractivity contribution in [3.8, 4) is 0 Å². The number of hydrogen-bond donors (Lipinski definition) is 0. The molecule has 0 spiro atoms. The average Bonchev–Trinajstić information content (AvgIpc) is 2.34. The Balaban J connectivity index is 0.000000461. The Bertz CT molecular complexity index is 332. The summed E-state index contributed by atoms with van der Waals surface area (Å²) in [7, 11) is 1.17. The lowest BCUT2D eigenvalue weighted by Crippen LogP contribution is -1.90. The Morgan fingerprint density at radius 1 is 1.00 bits per heavy atom. The topological polar surface area (TPSA) is 35.5 Å². The number of hydrogen-bond acceptors (Lipinski definition) is 3. The predicted octanol–water partition coefficient (Wildman–Crippen LogP) is 2.71. The molecule has 1 atom stereocenters. The van der Waals surface area contributed by atoms with Crippen molar-refractivity contribution in [3.05, 3.63) is 54.7 Å². The van der Waals surface area contributed by atoms with Crippen LogP contribution in [0.1, 0.15) is 5.56 Å². The molecule has 0 N–H and O–H groups in total. The van der Waals surface area contributed by atoms with E-state index in [4.69, 9.17) is 14.0 Å². The lowest BCUT2D eigenvalue weighted by molar-refractivity contribution is 0.312. The van der Waals surface area contributed by atoms with Crippen molar-refractivity contribution in [1.82, 2.24) is 0 Å². The maximum absolute atomic E-state index is 8.17. The highest BCUT2D eigenvalue weighted by atomic mass is 31.0. The van der Waals surface area contributed by atoms with Gasteiger partial charge >= 0.3 is 9.12 Å². The zero-order chi connectivity index (χ0) is 10.2. The second-order valence-corrected chi connectivity index (χ2v) is 2.37. The Morgan fingerprint density at radius 3 is 2.29 bits per heavy atom. The van der Waals surface area contributed by atoms with Crippen molar-refractivity contribution in [2.24, 2.45) is 0 Å². The van der Waals surface area contributed by atoms with Gasteiger partial charge in [0.2, 0.25) is 0 Å². The zero-order valence-electron chi connectivity index (χ0n) is 7.42. The van der Waals surface area contributed by atoms with Crippen LogP contribution < -0.4 is 0 Å². The summed E-state index contributed by atoms with van der Waals surface area (Å²) in [6, 6.07) is 9.81. The standard InChI is InChI=1S/C10H8O2.H2OP/c1-2-4-9(5-3-1)10-8-11-6-7-12-10;1-2/h1-8H;2H2/q;+1. The smallest absolute Gasteiger partial charge is 0.310 e. The van der Waals surface area contributed by atoms with Crippen molar-refractivity contribution in [3.63, 3.8) is 0 Å². The molecule has 0 aliphatic carbocycles. The Kier molecular flexibility index (Phi) is 4.45. The van der Waals surface area contributed by atoms with Crippen LogP contribution in [-0.2, 0) is 14.0 Å². The SMILES string of the molecule is C1=COC(c2ccccc2)=CO1.O=[PH2+]. The molecular weight excluding hydrogens is 199 g/mol. The molecule has 0 radical (unpaired) electrons. The fourth-order valence-electron chi connectivity index (χ4n) is 1.00. The van der Waals surface area contributed by atoms with Gasteiger partial charge in [0.05, 0.1) is 0 Å². The van der Waals surface area contributed by atoms with Gasteiger partial charge in [0.1, 0.15) is 18.8 Å². The molecule has 1 heterocycles. The fraction of sp³-hybridized carbons (Fsp3) is 0. The molecule has 3 nitrogen and oxygen atoms in total. The van der Waals surface area contributed by atoms with Gasteiger partial charge in [-0.25, -0.2) is 0 Å². The molecule has 2 rings (SSSR count). The normalized spacial score (nSPS) is 12.7. The summed E-state index contributed by atoms with van der Waals surface area (Å²) >= 11 is 0. The van der Waals surface area contributed by atoms with E-state index in [1.165, 1.54) is 21.6 Å². The summed E-state index contributed by atoms with van der Waals surface area (Å²) in [4.78, 5) is 0. The minimum absolute atomic E-state index is 0.734. The third-order valence-electron chi connectivity index (χ3n) is 1.56. The molecule has 1 aliphatic rings. The molecule has 72 valence electrons. The van der Waals surface area contributed by atoms with Gasteiger partial charge in [0, 0.05) is 5.56 Å². The minimum atomic E-state index is 0.734. The van der Waals surface area contributed by atoms with Gasteiger partial charge < -0.3 is 9.47 Å². The lowest BCUT2D eigenvalue weighted by atomic mass is 10.2. The van der Waals surface area contributed by atoms with Crippen LogP contribution in [0.3, 0.4) is 0 Å². The Labute approximate surface area is 84.3 Å². The summed E-state index contributed by atoms with van der Waals surface area (Å²) in [5.41, 5.74) is 1.02. The van der Waals surface area contributed by atoms with Crippen molar-refractivity contribution in [2.75, 3.05) is 0 Å². The summed E-state index contributed by atoms with van der Waals surface area (Å²) in [5, 5.41) is 0. The van der Waals surface area contributed by atoms with Gasteiger partial charge in [-0.05, 0) is 0 Å². The Morgan fingerprint density at radius 2 is 1.71 bits per heavy atom. The zero-order valence-corrected chi connectivity index (χ0v) is 8.58. The van der Waals surface area contributed by atoms with Crippen molar-refractivity contribution in [1.29, 1.82) is 0 Å². The minimum Gasteiger partial charge on any atom is -0.465 e. The molecule has 14 heavy (non-hydrogen) atoms. The largest absolute Gasteiger partial charge is 0.465 e. The first-order valence-electron chi connectivity index (χ1n) is 3.93.